The fourth-order valence-electron chi connectivity index (χ4n) is 6.36. The van der Waals surface area contributed by atoms with Crippen molar-refractivity contribution in [2.24, 2.45) is 0 Å². The molecule has 0 radical (unpaired) electrons. The van der Waals surface area contributed by atoms with E-state index in [0.29, 0.717) is 65.7 Å². The van der Waals surface area contributed by atoms with Crippen LogP contribution in [0.4, 0.5) is 22.0 Å². The number of benzene rings is 2. The Morgan fingerprint density at radius 2 is 1.72 bits per heavy atom. The lowest BCUT2D eigenvalue weighted by Gasteiger charge is -2.20. The Morgan fingerprint density at radius 3 is 2.45 bits per heavy atom. The first kappa shape index (κ1) is 34.1. The molecule has 2 heterocycles. The zero-order valence-electron chi connectivity index (χ0n) is 26.4. The van der Waals surface area contributed by atoms with Crippen molar-refractivity contribution in [2.75, 3.05) is 20.6 Å². The second-order valence-corrected chi connectivity index (χ2v) is 12.4. The van der Waals surface area contributed by atoms with E-state index in [-0.39, 0.29) is 37.2 Å². The van der Waals surface area contributed by atoms with Crippen molar-refractivity contribution in [1.29, 1.82) is 0 Å². The fourth-order valence-corrected chi connectivity index (χ4v) is 6.36. The van der Waals surface area contributed by atoms with Crippen molar-refractivity contribution in [1.82, 2.24) is 19.7 Å². The summed E-state index contributed by atoms with van der Waals surface area (Å²) in [6, 6.07) is 13.8. The molecule has 5 rings (SSSR count). The molecule has 0 amide bonds. The number of rotatable bonds is 13. The number of fused-ring (bicyclic) bond motifs is 1. The molecule has 2 aromatic carbocycles. The Balaban J connectivity index is 1.47. The Hall–Kier alpha value is -4.25. The zero-order chi connectivity index (χ0) is 33.7. The molecular weight excluding hydrogens is 615 g/mol. The first-order valence-corrected chi connectivity index (χ1v) is 15.7. The number of pyridine rings is 1. The molecule has 1 aliphatic rings. The lowest BCUT2D eigenvalue weighted by atomic mass is 9.86. The molecule has 6 nitrogen and oxygen atoms in total. The van der Waals surface area contributed by atoms with Crippen molar-refractivity contribution in [3.63, 3.8) is 0 Å². The molecule has 0 bridgehead atoms. The molecule has 0 saturated carbocycles. The molecule has 248 valence electrons. The Labute approximate surface area is 270 Å². The molecule has 0 N–H and O–H groups in total. The number of aromatic nitrogens is 3. The van der Waals surface area contributed by atoms with Crippen LogP contribution in [0, 0.1) is 11.6 Å². The van der Waals surface area contributed by atoms with Crippen LogP contribution < -0.4 is 0 Å². The molecule has 47 heavy (non-hydrogen) atoms. The van der Waals surface area contributed by atoms with Crippen LogP contribution >= 0.6 is 0 Å². The van der Waals surface area contributed by atoms with Crippen LogP contribution in [-0.2, 0) is 36.8 Å². The van der Waals surface area contributed by atoms with E-state index in [4.69, 9.17) is 0 Å². The van der Waals surface area contributed by atoms with Gasteiger partial charge in [-0.15, -0.1) is 0 Å². The first-order chi connectivity index (χ1) is 22.4. The molecule has 1 aliphatic carbocycles. The summed E-state index contributed by atoms with van der Waals surface area (Å²) in [6.07, 6.45) is -0.168. The third kappa shape index (κ3) is 8.57. The predicted octanol–water partition coefficient (Wildman–Crippen LogP) is 7.63. The number of halogens is 5. The second kappa shape index (κ2) is 14.7. The standard InChI is InChI=1S/C36H37F5N4O2/c1-44(2)15-7-13-33(47)25-9-5-8-24(19-25)30-11-6-14-42-34(30)26(16-23-17-27(37)21-28(38)18-23)20-29(46)22-45-32-12-4-3-10-31(32)35(43-45)36(39,40)41/h5-6,8-9,11,14,17-19,21,26H,3-4,7,10,12-13,15-16,20,22H2,1-2H3/t26-/m1/s1. The molecule has 0 saturated heterocycles. The molecule has 0 fully saturated rings. The van der Waals surface area contributed by atoms with Crippen LogP contribution in [-0.4, -0.2) is 51.9 Å². The lowest BCUT2D eigenvalue weighted by molar-refractivity contribution is -0.142. The maximum atomic E-state index is 14.2. The van der Waals surface area contributed by atoms with E-state index >= 15 is 0 Å². The number of ketones is 2. The maximum absolute atomic E-state index is 14.2. The van der Waals surface area contributed by atoms with Crippen LogP contribution in [0.15, 0.2) is 60.8 Å². The van der Waals surface area contributed by atoms with Gasteiger partial charge in [-0.3, -0.25) is 19.3 Å². The van der Waals surface area contributed by atoms with E-state index < -0.39 is 35.2 Å². The lowest BCUT2D eigenvalue weighted by Crippen LogP contribution is -2.19. The van der Waals surface area contributed by atoms with Crippen molar-refractivity contribution in [3.8, 4) is 11.1 Å². The Bertz CT molecular complexity index is 1730. The number of hydrogen-bond donors (Lipinski definition) is 0. The summed E-state index contributed by atoms with van der Waals surface area (Å²) in [6.45, 7) is 0.402. The summed E-state index contributed by atoms with van der Waals surface area (Å²) < 4.78 is 71.0. The van der Waals surface area contributed by atoms with Gasteiger partial charge in [0.05, 0.1) is 12.2 Å². The highest BCUT2D eigenvalue weighted by molar-refractivity contribution is 5.97. The van der Waals surface area contributed by atoms with E-state index in [1.807, 2.05) is 25.1 Å². The van der Waals surface area contributed by atoms with Gasteiger partial charge >= 0.3 is 6.18 Å². The summed E-state index contributed by atoms with van der Waals surface area (Å²) in [5.41, 5.74) is 2.25. The minimum Gasteiger partial charge on any atom is -0.309 e. The fraction of sp³-hybridized carbons (Fsp3) is 0.389. The number of carbonyl (C=O) groups is 2. The zero-order valence-corrected chi connectivity index (χ0v) is 26.4. The van der Waals surface area contributed by atoms with E-state index in [9.17, 15) is 31.5 Å². The number of Topliss-reactive ketones (excluding diaryl/α,β-unsaturated/α-hetero) is 2. The van der Waals surface area contributed by atoms with Gasteiger partial charge < -0.3 is 4.90 Å². The summed E-state index contributed by atoms with van der Waals surface area (Å²) in [7, 11) is 3.88. The van der Waals surface area contributed by atoms with Crippen LogP contribution in [0.2, 0.25) is 0 Å². The van der Waals surface area contributed by atoms with E-state index in [1.54, 1.807) is 36.5 Å². The van der Waals surface area contributed by atoms with Gasteiger partial charge in [0.1, 0.15) is 11.6 Å². The molecule has 0 aliphatic heterocycles. The minimum absolute atomic E-state index is 0.0121. The molecule has 0 unspecified atom stereocenters. The average Bonchev–Trinajstić information content (AvgIpc) is 3.39. The SMILES string of the molecule is CN(C)CCCC(=O)c1cccc(-c2cccnc2[C@@H](CC(=O)Cn2nc(C(F)(F)F)c3c2CCCC3)Cc2cc(F)cc(F)c2)c1. The maximum Gasteiger partial charge on any atom is 0.435 e. The van der Waals surface area contributed by atoms with Gasteiger partial charge in [-0.25, -0.2) is 8.78 Å². The third-order valence-electron chi connectivity index (χ3n) is 8.46. The van der Waals surface area contributed by atoms with Crippen LogP contribution in [0.25, 0.3) is 11.1 Å². The average molecular weight is 653 g/mol. The molecule has 11 heteroatoms. The van der Waals surface area contributed by atoms with Gasteiger partial charge in [0.15, 0.2) is 17.3 Å². The minimum atomic E-state index is -4.63. The van der Waals surface area contributed by atoms with Crippen LogP contribution in [0.1, 0.15) is 76.6 Å². The quantitative estimate of drug-likeness (QED) is 0.110. The molecule has 1 atom stereocenters. The van der Waals surface area contributed by atoms with Crippen LogP contribution in [0.5, 0.6) is 0 Å². The van der Waals surface area contributed by atoms with E-state index in [0.717, 1.165) is 12.6 Å². The molecule has 2 aromatic heterocycles. The highest BCUT2D eigenvalue weighted by atomic mass is 19.4. The number of carbonyl (C=O) groups excluding carboxylic acids is 2. The van der Waals surface area contributed by atoms with Crippen LogP contribution in [0.3, 0.4) is 0 Å². The number of alkyl halides is 3. The van der Waals surface area contributed by atoms with Gasteiger partial charge in [-0.1, -0.05) is 24.3 Å². The summed E-state index contributed by atoms with van der Waals surface area (Å²) in [4.78, 5) is 33.2. The molecule has 0 spiro atoms. The monoisotopic (exact) mass is 652 g/mol. The van der Waals surface area contributed by atoms with Crippen molar-refractivity contribution in [2.45, 2.75) is 70.0 Å². The highest BCUT2D eigenvalue weighted by Gasteiger charge is 2.39. The van der Waals surface area contributed by atoms with Crippen molar-refractivity contribution < 1.29 is 31.5 Å². The van der Waals surface area contributed by atoms with Crippen molar-refractivity contribution in [3.05, 3.63) is 106 Å². The third-order valence-corrected chi connectivity index (χ3v) is 8.46. The van der Waals surface area contributed by atoms with Crippen molar-refractivity contribution >= 4 is 11.6 Å². The molecular formula is C36H37F5N4O2. The highest BCUT2D eigenvalue weighted by Crippen LogP contribution is 2.37. The second-order valence-electron chi connectivity index (χ2n) is 12.4. The number of hydrogen-bond acceptors (Lipinski definition) is 5. The topological polar surface area (TPSA) is 68.1 Å². The normalized spacial score (nSPS) is 13.9. The van der Waals surface area contributed by atoms with E-state index in [2.05, 4.69) is 10.1 Å². The Morgan fingerprint density at radius 1 is 0.979 bits per heavy atom. The van der Waals surface area contributed by atoms with Gasteiger partial charge in [0, 0.05) is 53.4 Å². The first-order valence-electron chi connectivity index (χ1n) is 15.7. The summed E-state index contributed by atoms with van der Waals surface area (Å²) >= 11 is 0. The summed E-state index contributed by atoms with van der Waals surface area (Å²) in [5, 5.41) is 3.83. The molecule has 4 aromatic rings. The Kier molecular flexibility index (Phi) is 10.6. The number of nitrogens with zero attached hydrogens (tertiary/aromatic N) is 4. The smallest absolute Gasteiger partial charge is 0.309 e. The van der Waals surface area contributed by atoms with Gasteiger partial charge in [0.2, 0.25) is 0 Å². The van der Waals surface area contributed by atoms with Gasteiger partial charge in [0.25, 0.3) is 0 Å². The van der Waals surface area contributed by atoms with E-state index in [1.165, 1.54) is 16.8 Å². The summed E-state index contributed by atoms with van der Waals surface area (Å²) in [5.74, 6) is -2.63. The van der Waals surface area contributed by atoms with Gasteiger partial charge in [-0.2, -0.15) is 18.3 Å². The van der Waals surface area contributed by atoms with Gasteiger partial charge in [-0.05, 0) is 94.6 Å². The largest absolute Gasteiger partial charge is 0.435 e. The predicted molar refractivity (Wildman–Crippen MR) is 168 cm³/mol.